The summed E-state index contributed by atoms with van der Waals surface area (Å²) in [6.07, 6.45) is 0. The average molecular weight is 298 g/mol. The second kappa shape index (κ2) is 9.15. The minimum Gasteiger partial charge on any atom is -0.335 e. The van der Waals surface area contributed by atoms with Crippen LogP contribution in [0.4, 0.5) is 0 Å². The van der Waals surface area contributed by atoms with Gasteiger partial charge in [-0.2, -0.15) is 0 Å². The molecule has 0 aromatic heterocycles. The van der Waals surface area contributed by atoms with E-state index in [4.69, 9.17) is 28.4 Å². The van der Waals surface area contributed by atoms with Gasteiger partial charge in [0, 0.05) is 42.7 Å². The molecule has 18 heavy (non-hydrogen) atoms. The van der Waals surface area contributed by atoms with E-state index in [9.17, 15) is 0 Å². The smallest absolute Gasteiger partial charge is 0.248 e. The highest BCUT2D eigenvalue weighted by Gasteiger charge is 2.32. The van der Waals surface area contributed by atoms with Gasteiger partial charge in [-0.25, -0.2) is 0 Å². The fourth-order valence-corrected chi connectivity index (χ4v) is 5.89. The number of ether oxygens (including phenoxy) is 6. The summed E-state index contributed by atoms with van der Waals surface area (Å²) in [4.78, 5) is 0. The molecular formula is C10H26O6Si2. The molecule has 0 radical (unpaired) electrons. The Bertz CT molecular complexity index is 170. The zero-order chi connectivity index (χ0) is 14.1. The lowest BCUT2D eigenvalue weighted by Crippen LogP contribution is -2.44. The summed E-state index contributed by atoms with van der Waals surface area (Å²) in [5, 5.41) is 0. The molecule has 8 heteroatoms. The van der Waals surface area contributed by atoms with E-state index in [0.29, 0.717) is 0 Å². The third-order valence-corrected chi connectivity index (χ3v) is 8.75. The summed E-state index contributed by atoms with van der Waals surface area (Å²) in [6, 6.07) is 2.05. The van der Waals surface area contributed by atoms with E-state index in [2.05, 4.69) is 0 Å². The first-order chi connectivity index (χ1) is 8.57. The molecule has 110 valence electrons. The van der Waals surface area contributed by atoms with Crippen molar-refractivity contribution in [2.24, 2.45) is 0 Å². The highest BCUT2D eigenvalue weighted by atomic mass is 28.2. The Morgan fingerprint density at radius 1 is 0.556 bits per heavy atom. The maximum absolute atomic E-state index is 5.29. The van der Waals surface area contributed by atoms with Crippen molar-refractivity contribution < 1.29 is 28.4 Å². The van der Waals surface area contributed by atoms with Crippen molar-refractivity contribution >= 4 is 19.0 Å². The summed E-state index contributed by atoms with van der Waals surface area (Å²) < 4.78 is 31.7. The lowest BCUT2D eigenvalue weighted by atomic mass is 10.9. The molecule has 0 unspecified atom stereocenters. The van der Waals surface area contributed by atoms with Gasteiger partial charge >= 0.3 is 0 Å². The predicted molar refractivity (Wildman–Crippen MR) is 74.2 cm³/mol. The molecule has 0 spiro atoms. The molecule has 0 aliphatic heterocycles. The van der Waals surface area contributed by atoms with Crippen molar-refractivity contribution in [2.75, 3.05) is 42.7 Å². The number of hydrogen-bond acceptors (Lipinski definition) is 6. The van der Waals surface area contributed by atoms with Gasteiger partial charge in [-0.05, 0) is 0 Å². The van der Waals surface area contributed by atoms with Crippen LogP contribution in [0.3, 0.4) is 0 Å². The van der Waals surface area contributed by atoms with Gasteiger partial charge < -0.3 is 28.4 Å². The zero-order valence-corrected chi connectivity index (χ0v) is 15.1. The number of rotatable bonds is 11. The Kier molecular flexibility index (Phi) is 9.25. The first-order valence-corrected chi connectivity index (χ1v) is 9.30. The molecule has 0 bridgehead atoms. The quantitative estimate of drug-likeness (QED) is 0.285. The SMILES string of the molecule is COC(OC)(OC)[SiH2]CC[SiH2]C(OC)(OC)OC. The summed E-state index contributed by atoms with van der Waals surface area (Å²) in [7, 11) is 8.25. The maximum atomic E-state index is 5.29. The second-order valence-electron chi connectivity index (χ2n) is 3.80. The minimum absolute atomic E-state index is 0.672. The van der Waals surface area contributed by atoms with Crippen molar-refractivity contribution in [3.8, 4) is 0 Å². The first-order valence-electron chi connectivity index (χ1n) is 5.88. The van der Waals surface area contributed by atoms with E-state index >= 15 is 0 Å². The summed E-state index contributed by atoms with van der Waals surface area (Å²) >= 11 is 0. The normalized spacial score (nSPS) is 14.3. The van der Waals surface area contributed by atoms with Crippen LogP contribution in [0.1, 0.15) is 0 Å². The Morgan fingerprint density at radius 2 is 0.778 bits per heavy atom. The molecule has 0 fully saturated rings. The van der Waals surface area contributed by atoms with E-state index in [1.54, 1.807) is 42.7 Å². The summed E-state index contributed by atoms with van der Waals surface area (Å²) in [5.74, 6) is 0. The molecular weight excluding hydrogens is 272 g/mol. The van der Waals surface area contributed by atoms with Crippen LogP contribution in [0.25, 0.3) is 0 Å². The van der Waals surface area contributed by atoms with Gasteiger partial charge in [0.2, 0.25) is 11.2 Å². The van der Waals surface area contributed by atoms with Gasteiger partial charge in [-0.15, -0.1) is 0 Å². The lowest BCUT2D eigenvalue weighted by molar-refractivity contribution is -0.296. The Morgan fingerprint density at radius 3 is 0.944 bits per heavy atom. The van der Waals surface area contributed by atoms with Crippen LogP contribution < -0.4 is 0 Å². The van der Waals surface area contributed by atoms with Crippen LogP contribution in [0.5, 0.6) is 0 Å². The van der Waals surface area contributed by atoms with Crippen molar-refractivity contribution in [2.45, 2.75) is 23.3 Å². The van der Waals surface area contributed by atoms with Crippen molar-refractivity contribution in [1.29, 1.82) is 0 Å². The zero-order valence-electron chi connectivity index (χ0n) is 12.3. The lowest BCUT2D eigenvalue weighted by Gasteiger charge is -2.30. The molecule has 0 rings (SSSR count). The van der Waals surface area contributed by atoms with Crippen LogP contribution in [-0.4, -0.2) is 72.9 Å². The van der Waals surface area contributed by atoms with Crippen LogP contribution in [0.2, 0.25) is 12.1 Å². The largest absolute Gasteiger partial charge is 0.335 e. The molecule has 0 saturated carbocycles. The highest BCUT2D eigenvalue weighted by molar-refractivity contribution is 6.44. The second-order valence-corrected chi connectivity index (χ2v) is 7.94. The van der Waals surface area contributed by atoms with Gasteiger partial charge in [-0.3, -0.25) is 0 Å². The van der Waals surface area contributed by atoms with E-state index in [0.717, 1.165) is 12.1 Å². The fourth-order valence-electron chi connectivity index (χ4n) is 1.80. The Balaban J connectivity index is 4.11. The van der Waals surface area contributed by atoms with Crippen molar-refractivity contribution in [3.63, 3.8) is 0 Å². The average Bonchev–Trinajstić information content (AvgIpc) is 2.45. The van der Waals surface area contributed by atoms with Crippen LogP contribution in [0, 0.1) is 0 Å². The van der Waals surface area contributed by atoms with Gasteiger partial charge in [0.15, 0.2) is 0 Å². The molecule has 0 aliphatic rings. The first kappa shape index (κ1) is 18.2. The molecule has 0 aromatic carbocycles. The minimum atomic E-state index is -0.815. The molecule has 6 nitrogen and oxygen atoms in total. The van der Waals surface area contributed by atoms with E-state index in [-0.39, 0.29) is 0 Å². The summed E-state index contributed by atoms with van der Waals surface area (Å²) in [6.45, 7) is 0. The molecule has 0 saturated heterocycles. The topological polar surface area (TPSA) is 55.4 Å². The molecule has 0 N–H and O–H groups in total. The fraction of sp³-hybridized carbons (Fsp3) is 1.00. The Labute approximate surface area is 114 Å². The van der Waals surface area contributed by atoms with E-state index < -0.39 is 30.2 Å². The number of methoxy groups -OCH3 is 6. The van der Waals surface area contributed by atoms with E-state index in [1.165, 1.54) is 0 Å². The van der Waals surface area contributed by atoms with E-state index in [1.807, 2.05) is 0 Å². The van der Waals surface area contributed by atoms with Crippen LogP contribution >= 0.6 is 0 Å². The standard InChI is InChI=1S/C10H26O6Si2/c1-11-9(12-2,13-3)17-7-8-18-10(14-4,15-5)16-6/h7-8,17-18H2,1-6H3. The molecule has 0 aliphatic carbocycles. The molecule has 0 heterocycles. The van der Waals surface area contributed by atoms with Crippen LogP contribution in [-0.2, 0) is 28.4 Å². The van der Waals surface area contributed by atoms with Crippen LogP contribution in [0.15, 0.2) is 0 Å². The molecule has 0 atom stereocenters. The third kappa shape index (κ3) is 5.06. The molecule has 0 aromatic rings. The summed E-state index contributed by atoms with van der Waals surface area (Å²) in [5.41, 5.74) is -1.63. The Hall–Kier alpha value is 0.194. The van der Waals surface area contributed by atoms with Gasteiger partial charge in [0.05, 0.1) is 0 Å². The van der Waals surface area contributed by atoms with Gasteiger partial charge in [0.1, 0.15) is 19.0 Å². The molecule has 0 amide bonds. The maximum Gasteiger partial charge on any atom is 0.248 e. The predicted octanol–water partition coefficient (Wildman–Crippen LogP) is -0.738. The monoisotopic (exact) mass is 298 g/mol. The van der Waals surface area contributed by atoms with Gasteiger partial charge in [0.25, 0.3) is 0 Å². The van der Waals surface area contributed by atoms with Crippen molar-refractivity contribution in [3.05, 3.63) is 0 Å². The number of hydrogen-bond donors (Lipinski definition) is 0. The highest BCUT2D eigenvalue weighted by Crippen LogP contribution is 2.16. The van der Waals surface area contributed by atoms with Crippen molar-refractivity contribution in [1.82, 2.24) is 0 Å². The van der Waals surface area contributed by atoms with Gasteiger partial charge in [-0.1, -0.05) is 12.1 Å². The third-order valence-electron chi connectivity index (χ3n) is 3.08.